The van der Waals surface area contributed by atoms with Crippen LogP contribution in [0.3, 0.4) is 0 Å². The molecule has 0 bridgehead atoms. The number of aromatic nitrogens is 2. The van der Waals surface area contributed by atoms with Gasteiger partial charge in [-0.1, -0.05) is 11.3 Å². The van der Waals surface area contributed by atoms with Gasteiger partial charge in [-0.05, 0) is 18.2 Å². The lowest BCUT2D eigenvalue weighted by molar-refractivity contribution is -0.119. The molecule has 24 heavy (non-hydrogen) atoms. The normalized spacial score (nSPS) is 17.0. The molecule has 3 rings (SSSR count). The summed E-state index contributed by atoms with van der Waals surface area (Å²) in [7, 11) is 0. The number of ether oxygens (including phenoxy) is 1. The maximum atomic E-state index is 14.3. The standard InChI is InChI=1S/C14H14FN5O3S/c1-7(21)17-5-9-6-20(14(22)23-9)8-2-3-10(11(15)4-8)12-18-19-13(16)24-12/h2-4,9H,5-6H2,1H3,(H2,16,19)(H,17,21)/t9-/m0/s1. The van der Waals surface area contributed by atoms with Gasteiger partial charge in [-0.15, -0.1) is 10.2 Å². The second-order valence-electron chi connectivity index (χ2n) is 5.16. The van der Waals surface area contributed by atoms with Crippen LogP contribution in [-0.4, -0.2) is 41.4 Å². The monoisotopic (exact) mass is 351 g/mol. The van der Waals surface area contributed by atoms with E-state index in [1.807, 2.05) is 0 Å². The van der Waals surface area contributed by atoms with Crippen molar-refractivity contribution < 1.29 is 18.7 Å². The summed E-state index contributed by atoms with van der Waals surface area (Å²) >= 11 is 1.07. The van der Waals surface area contributed by atoms with E-state index in [0.717, 1.165) is 11.3 Å². The molecular formula is C14H14FN5O3S. The van der Waals surface area contributed by atoms with Crippen molar-refractivity contribution in [3.05, 3.63) is 24.0 Å². The molecule has 1 aromatic heterocycles. The molecule has 1 aliphatic rings. The molecule has 0 aliphatic carbocycles. The van der Waals surface area contributed by atoms with E-state index in [9.17, 15) is 14.0 Å². The van der Waals surface area contributed by atoms with Crippen molar-refractivity contribution in [3.8, 4) is 10.6 Å². The molecule has 1 aliphatic heterocycles. The largest absolute Gasteiger partial charge is 0.442 e. The van der Waals surface area contributed by atoms with Gasteiger partial charge in [-0.25, -0.2) is 9.18 Å². The highest BCUT2D eigenvalue weighted by Crippen LogP contribution is 2.31. The molecule has 1 saturated heterocycles. The number of amides is 2. The van der Waals surface area contributed by atoms with Crippen LogP contribution in [0.4, 0.5) is 20.0 Å². The average Bonchev–Trinajstić information content (AvgIpc) is 3.11. The van der Waals surface area contributed by atoms with E-state index in [1.54, 1.807) is 6.07 Å². The molecular weight excluding hydrogens is 337 g/mol. The van der Waals surface area contributed by atoms with Crippen molar-refractivity contribution in [3.63, 3.8) is 0 Å². The van der Waals surface area contributed by atoms with E-state index in [1.165, 1.54) is 24.0 Å². The van der Waals surface area contributed by atoms with E-state index in [2.05, 4.69) is 15.5 Å². The highest BCUT2D eigenvalue weighted by atomic mass is 32.1. The lowest BCUT2D eigenvalue weighted by Crippen LogP contribution is -2.33. The topological polar surface area (TPSA) is 110 Å². The maximum Gasteiger partial charge on any atom is 0.414 e. The number of carbonyl (C=O) groups is 2. The number of benzene rings is 1. The van der Waals surface area contributed by atoms with Crippen LogP contribution in [-0.2, 0) is 9.53 Å². The van der Waals surface area contributed by atoms with Crippen LogP contribution >= 0.6 is 11.3 Å². The van der Waals surface area contributed by atoms with Gasteiger partial charge in [0.2, 0.25) is 11.0 Å². The summed E-state index contributed by atoms with van der Waals surface area (Å²) in [6.45, 7) is 1.81. The van der Waals surface area contributed by atoms with Crippen molar-refractivity contribution in [2.75, 3.05) is 23.7 Å². The summed E-state index contributed by atoms with van der Waals surface area (Å²) in [5.41, 5.74) is 6.13. The van der Waals surface area contributed by atoms with Gasteiger partial charge in [0.15, 0.2) is 5.01 Å². The minimum atomic E-state index is -0.585. The van der Waals surface area contributed by atoms with Gasteiger partial charge < -0.3 is 15.8 Å². The molecule has 2 amide bonds. The number of nitrogens with one attached hydrogen (secondary N) is 1. The number of hydrogen-bond acceptors (Lipinski definition) is 7. The minimum absolute atomic E-state index is 0.211. The summed E-state index contributed by atoms with van der Waals surface area (Å²) in [4.78, 5) is 24.2. The average molecular weight is 351 g/mol. The van der Waals surface area contributed by atoms with Crippen molar-refractivity contribution in [1.82, 2.24) is 15.5 Å². The Morgan fingerprint density at radius 3 is 2.96 bits per heavy atom. The number of cyclic esters (lactones) is 1. The predicted molar refractivity (Wildman–Crippen MR) is 86.0 cm³/mol. The third-order valence-electron chi connectivity index (χ3n) is 3.39. The molecule has 0 saturated carbocycles. The van der Waals surface area contributed by atoms with Gasteiger partial charge in [0, 0.05) is 12.5 Å². The number of anilines is 2. The Kier molecular flexibility index (Phi) is 4.30. The first kappa shape index (κ1) is 16.1. The number of rotatable bonds is 4. The van der Waals surface area contributed by atoms with E-state index >= 15 is 0 Å². The smallest absolute Gasteiger partial charge is 0.414 e. The maximum absolute atomic E-state index is 14.3. The van der Waals surface area contributed by atoms with Crippen molar-refractivity contribution in [1.29, 1.82) is 0 Å². The quantitative estimate of drug-likeness (QED) is 0.861. The van der Waals surface area contributed by atoms with E-state index in [4.69, 9.17) is 10.5 Å². The van der Waals surface area contributed by atoms with E-state index in [0.29, 0.717) is 10.7 Å². The summed E-state index contributed by atoms with van der Waals surface area (Å²) in [5, 5.41) is 10.6. The Morgan fingerprint density at radius 1 is 1.54 bits per heavy atom. The molecule has 8 nitrogen and oxygen atoms in total. The van der Waals surface area contributed by atoms with Gasteiger partial charge in [0.25, 0.3) is 0 Å². The third-order valence-corrected chi connectivity index (χ3v) is 4.17. The number of nitrogen functional groups attached to an aromatic ring is 1. The lowest BCUT2D eigenvalue weighted by atomic mass is 10.2. The Bertz CT molecular complexity index is 796. The van der Waals surface area contributed by atoms with Crippen LogP contribution in [0.25, 0.3) is 10.6 Å². The molecule has 3 N–H and O–H groups in total. The summed E-state index contributed by atoms with van der Waals surface area (Å²) < 4.78 is 19.5. The molecule has 0 spiro atoms. The molecule has 1 aromatic carbocycles. The van der Waals surface area contributed by atoms with E-state index < -0.39 is 18.0 Å². The van der Waals surface area contributed by atoms with Crippen molar-refractivity contribution in [2.45, 2.75) is 13.0 Å². The van der Waals surface area contributed by atoms with Crippen LogP contribution in [0.1, 0.15) is 6.92 Å². The second-order valence-corrected chi connectivity index (χ2v) is 6.17. The first-order valence-corrected chi connectivity index (χ1v) is 7.87. The van der Waals surface area contributed by atoms with Gasteiger partial charge in [-0.3, -0.25) is 9.69 Å². The number of nitrogens with zero attached hydrogens (tertiary/aromatic N) is 3. The van der Waals surface area contributed by atoms with Gasteiger partial charge in [0.05, 0.1) is 18.8 Å². The first-order chi connectivity index (χ1) is 11.4. The second kappa shape index (κ2) is 6.40. The predicted octanol–water partition coefficient (Wildman–Crippen LogP) is 1.39. The fourth-order valence-electron chi connectivity index (χ4n) is 2.29. The van der Waals surface area contributed by atoms with Crippen molar-refractivity contribution in [2.24, 2.45) is 0 Å². The van der Waals surface area contributed by atoms with E-state index in [-0.39, 0.29) is 29.7 Å². The number of carbonyl (C=O) groups excluding carboxylic acids is 2. The zero-order valence-corrected chi connectivity index (χ0v) is 13.5. The third kappa shape index (κ3) is 3.27. The molecule has 1 fully saturated rings. The number of halogens is 1. The summed E-state index contributed by atoms with van der Waals surface area (Å²) in [6, 6.07) is 4.34. The fraction of sp³-hybridized carbons (Fsp3) is 0.286. The summed E-state index contributed by atoms with van der Waals surface area (Å²) in [6.07, 6.45) is -1.07. The zero-order chi connectivity index (χ0) is 17.3. The highest BCUT2D eigenvalue weighted by Gasteiger charge is 2.32. The Labute approximate surface area is 140 Å². The molecule has 1 atom stereocenters. The Balaban J connectivity index is 1.77. The number of nitrogens with two attached hydrogens (primary N) is 1. The highest BCUT2D eigenvalue weighted by molar-refractivity contribution is 7.18. The number of hydrogen-bond donors (Lipinski definition) is 2. The van der Waals surface area contributed by atoms with Crippen LogP contribution in [0.15, 0.2) is 18.2 Å². The molecule has 126 valence electrons. The molecule has 10 heteroatoms. The van der Waals surface area contributed by atoms with Crippen molar-refractivity contribution >= 4 is 34.2 Å². The van der Waals surface area contributed by atoms with Gasteiger partial charge >= 0.3 is 6.09 Å². The Hall–Kier alpha value is -2.75. The SMILES string of the molecule is CC(=O)NC[C@H]1CN(c2ccc(-c3nnc(N)s3)c(F)c2)C(=O)O1. The van der Waals surface area contributed by atoms with Gasteiger partial charge in [-0.2, -0.15) is 0 Å². The first-order valence-electron chi connectivity index (χ1n) is 7.05. The molecule has 0 unspecified atom stereocenters. The van der Waals surface area contributed by atoms with Gasteiger partial charge in [0.1, 0.15) is 11.9 Å². The fourth-order valence-corrected chi connectivity index (χ4v) is 2.92. The van der Waals surface area contributed by atoms with Crippen LogP contribution < -0.4 is 16.0 Å². The Morgan fingerprint density at radius 2 is 2.33 bits per heavy atom. The zero-order valence-electron chi connectivity index (χ0n) is 12.7. The molecule has 2 heterocycles. The summed E-state index contributed by atoms with van der Waals surface area (Å²) in [5.74, 6) is -0.752. The van der Waals surface area contributed by atoms with Crippen LogP contribution in [0, 0.1) is 5.82 Å². The molecule has 2 aromatic rings. The molecule has 0 radical (unpaired) electrons. The van der Waals surface area contributed by atoms with Crippen LogP contribution in [0.2, 0.25) is 0 Å². The van der Waals surface area contributed by atoms with Crippen LogP contribution in [0.5, 0.6) is 0 Å². The lowest BCUT2D eigenvalue weighted by Gasteiger charge is -2.14. The minimum Gasteiger partial charge on any atom is -0.442 e.